The Kier molecular flexibility index (Phi) is 4.13. The van der Waals surface area contributed by atoms with Crippen molar-refractivity contribution in [2.75, 3.05) is 25.1 Å². The van der Waals surface area contributed by atoms with Crippen molar-refractivity contribution >= 4 is 17.7 Å². The summed E-state index contributed by atoms with van der Waals surface area (Å²) in [5.41, 5.74) is 5.10. The van der Waals surface area contributed by atoms with Crippen LogP contribution in [0.1, 0.15) is 12.6 Å². The van der Waals surface area contributed by atoms with Crippen LogP contribution < -0.4 is 16.2 Å². The van der Waals surface area contributed by atoms with Crippen LogP contribution in [-0.2, 0) is 9.53 Å². The summed E-state index contributed by atoms with van der Waals surface area (Å²) in [6.07, 6.45) is 0. The maximum atomic E-state index is 11.8. The Hall–Kier alpha value is -2.25. The second kappa shape index (κ2) is 5.39. The van der Waals surface area contributed by atoms with Crippen molar-refractivity contribution in [2.45, 2.75) is 13.8 Å². The molecule has 18 heavy (non-hydrogen) atoms. The van der Waals surface area contributed by atoms with Gasteiger partial charge in [0.2, 0.25) is 0 Å². The minimum absolute atomic E-state index is 0.0828. The molecule has 3 N–H and O–H groups in total. The third-order valence-corrected chi connectivity index (χ3v) is 2.31. The van der Waals surface area contributed by atoms with Gasteiger partial charge < -0.3 is 15.4 Å². The summed E-state index contributed by atoms with van der Waals surface area (Å²) in [7, 11) is 1.56. The van der Waals surface area contributed by atoms with Crippen LogP contribution in [0.4, 0.5) is 10.5 Å². The molecule has 0 bridgehead atoms. The number of likely N-dealkylation sites (N-methyl/N-ethyl adjacent to an activating group) is 1. The minimum atomic E-state index is -0.904. The second-order valence-electron chi connectivity index (χ2n) is 3.73. The van der Waals surface area contributed by atoms with E-state index in [4.69, 9.17) is 10.5 Å². The molecule has 1 amide bonds. The molecule has 8 nitrogen and oxygen atoms in total. The molecule has 8 heteroatoms. The molecule has 1 aromatic heterocycles. The Morgan fingerprint density at radius 2 is 2.11 bits per heavy atom. The number of aromatic nitrogens is 2. The Morgan fingerprint density at radius 3 is 2.56 bits per heavy atom. The van der Waals surface area contributed by atoms with E-state index in [1.807, 2.05) is 0 Å². The number of aromatic amines is 1. The Labute approximate surface area is 103 Å². The van der Waals surface area contributed by atoms with Crippen molar-refractivity contribution in [1.29, 1.82) is 0 Å². The first-order valence-electron chi connectivity index (χ1n) is 5.36. The van der Waals surface area contributed by atoms with Crippen molar-refractivity contribution < 1.29 is 14.3 Å². The number of carbonyl (C=O) groups excluding carboxylic acids is 2. The summed E-state index contributed by atoms with van der Waals surface area (Å²) in [6, 6.07) is -0.904. The molecule has 0 saturated carbocycles. The van der Waals surface area contributed by atoms with Gasteiger partial charge in [-0.3, -0.25) is 14.7 Å². The zero-order chi connectivity index (χ0) is 13.9. The fourth-order valence-corrected chi connectivity index (χ4v) is 1.62. The van der Waals surface area contributed by atoms with E-state index in [2.05, 4.69) is 5.10 Å². The van der Waals surface area contributed by atoms with Gasteiger partial charge in [-0.1, -0.05) is 0 Å². The first-order valence-corrected chi connectivity index (χ1v) is 5.36. The number of hydrogen-bond acceptors (Lipinski definition) is 5. The summed E-state index contributed by atoms with van der Waals surface area (Å²) in [4.78, 5) is 35.6. The molecule has 0 aliphatic rings. The lowest BCUT2D eigenvalue weighted by Gasteiger charge is -2.15. The molecule has 0 aliphatic heterocycles. The number of nitrogens with two attached hydrogens (primary N) is 1. The number of carbonyl (C=O) groups is 2. The van der Waals surface area contributed by atoms with Gasteiger partial charge in [0.1, 0.15) is 12.2 Å². The summed E-state index contributed by atoms with van der Waals surface area (Å²) in [5.74, 6) is -0.453. The standard InChI is InChI=1S/C10H16N4O4/c1-4-18-7(15)5-13(3)8-6(2)12-14(9(8)16)10(11)17/h12H,4-5H2,1-3H3,(H2,11,17). The number of esters is 1. The first kappa shape index (κ1) is 13.8. The van der Waals surface area contributed by atoms with Crippen LogP contribution >= 0.6 is 0 Å². The lowest BCUT2D eigenvalue weighted by molar-refractivity contribution is -0.141. The maximum absolute atomic E-state index is 11.8. The highest BCUT2D eigenvalue weighted by Gasteiger charge is 2.19. The molecule has 0 aliphatic carbocycles. The molecular formula is C10H16N4O4. The Bertz CT molecular complexity index is 516. The number of H-pyrrole nitrogens is 1. The van der Waals surface area contributed by atoms with Crippen molar-refractivity contribution in [3.05, 3.63) is 16.0 Å². The number of hydrogen-bond donors (Lipinski definition) is 2. The van der Waals surface area contributed by atoms with Crippen LogP contribution in [0.25, 0.3) is 0 Å². The Morgan fingerprint density at radius 1 is 1.50 bits per heavy atom. The van der Waals surface area contributed by atoms with Crippen molar-refractivity contribution in [1.82, 2.24) is 9.78 Å². The highest BCUT2D eigenvalue weighted by atomic mass is 16.5. The van der Waals surface area contributed by atoms with Gasteiger partial charge in [-0.2, -0.15) is 4.68 Å². The van der Waals surface area contributed by atoms with Gasteiger partial charge in [0, 0.05) is 7.05 Å². The van der Waals surface area contributed by atoms with Crippen molar-refractivity contribution in [2.24, 2.45) is 5.73 Å². The van der Waals surface area contributed by atoms with E-state index >= 15 is 0 Å². The molecule has 0 aromatic carbocycles. The number of primary amides is 1. The molecule has 1 heterocycles. The van der Waals surface area contributed by atoms with Gasteiger partial charge >= 0.3 is 12.0 Å². The van der Waals surface area contributed by atoms with Crippen LogP contribution in [0.5, 0.6) is 0 Å². The number of ether oxygens (including phenoxy) is 1. The van der Waals surface area contributed by atoms with Crippen LogP contribution in [0.3, 0.4) is 0 Å². The first-order chi connectivity index (χ1) is 8.38. The van der Waals surface area contributed by atoms with Crippen LogP contribution in [0.2, 0.25) is 0 Å². The number of aryl methyl sites for hydroxylation is 1. The number of nitrogens with one attached hydrogen (secondary N) is 1. The van der Waals surface area contributed by atoms with Gasteiger partial charge in [-0.05, 0) is 13.8 Å². The van der Waals surface area contributed by atoms with Crippen molar-refractivity contribution in [3.63, 3.8) is 0 Å². The molecule has 0 saturated heterocycles. The summed E-state index contributed by atoms with van der Waals surface area (Å²) < 4.78 is 5.46. The van der Waals surface area contributed by atoms with E-state index in [9.17, 15) is 14.4 Å². The SMILES string of the molecule is CCOC(=O)CN(C)c1c(C)[nH]n(C(N)=O)c1=O. The lowest BCUT2D eigenvalue weighted by atomic mass is 10.3. The highest BCUT2D eigenvalue weighted by molar-refractivity contribution is 5.77. The third-order valence-electron chi connectivity index (χ3n) is 2.31. The smallest absolute Gasteiger partial charge is 0.341 e. The third kappa shape index (κ3) is 2.70. The molecule has 1 aromatic rings. The monoisotopic (exact) mass is 256 g/mol. The minimum Gasteiger partial charge on any atom is -0.465 e. The molecule has 0 radical (unpaired) electrons. The normalized spacial score (nSPS) is 10.2. The predicted molar refractivity (Wildman–Crippen MR) is 64.7 cm³/mol. The van der Waals surface area contributed by atoms with Gasteiger partial charge in [-0.15, -0.1) is 0 Å². The zero-order valence-electron chi connectivity index (χ0n) is 10.5. The van der Waals surface area contributed by atoms with E-state index in [1.165, 1.54) is 4.90 Å². The van der Waals surface area contributed by atoms with E-state index in [0.717, 1.165) is 0 Å². The fraction of sp³-hybridized carbons (Fsp3) is 0.500. The molecule has 0 atom stereocenters. The van der Waals surface area contributed by atoms with E-state index in [0.29, 0.717) is 10.4 Å². The number of amides is 1. The van der Waals surface area contributed by atoms with E-state index < -0.39 is 17.6 Å². The highest BCUT2D eigenvalue weighted by Crippen LogP contribution is 2.10. The maximum Gasteiger partial charge on any atom is 0.341 e. The fourth-order valence-electron chi connectivity index (χ4n) is 1.62. The molecule has 100 valence electrons. The molecule has 1 rings (SSSR count). The Balaban J connectivity index is 2.99. The van der Waals surface area contributed by atoms with Gasteiger partial charge in [0.05, 0.1) is 12.3 Å². The lowest BCUT2D eigenvalue weighted by Crippen LogP contribution is -2.35. The quantitative estimate of drug-likeness (QED) is 0.699. The van der Waals surface area contributed by atoms with E-state index in [-0.39, 0.29) is 18.8 Å². The van der Waals surface area contributed by atoms with Gasteiger partial charge in [-0.25, -0.2) is 4.79 Å². The predicted octanol–water partition coefficient (Wildman–Crippen LogP) is -0.589. The number of anilines is 1. The average molecular weight is 256 g/mol. The molecular weight excluding hydrogens is 240 g/mol. The average Bonchev–Trinajstić information content (AvgIpc) is 2.54. The van der Waals surface area contributed by atoms with Gasteiger partial charge in [0.25, 0.3) is 5.56 Å². The van der Waals surface area contributed by atoms with Crippen LogP contribution in [0, 0.1) is 6.92 Å². The summed E-state index contributed by atoms with van der Waals surface area (Å²) >= 11 is 0. The second-order valence-corrected chi connectivity index (χ2v) is 3.73. The summed E-state index contributed by atoms with van der Waals surface area (Å²) in [6.45, 7) is 3.49. The van der Waals surface area contributed by atoms with Crippen molar-refractivity contribution in [3.8, 4) is 0 Å². The number of rotatable bonds is 4. The van der Waals surface area contributed by atoms with Gasteiger partial charge in [0.15, 0.2) is 0 Å². The van der Waals surface area contributed by atoms with Crippen LogP contribution in [0.15, 0.2) is 4.79 Å². The molecule has 0 unspecified atom stereocenters. The van der Waals surface area contributed by atoms with Crippen LogP contribution in [-0.4, -0.2) is 42.0 Å². The molecule has 0 fully saturated rings. The topological polar surface area (TPSA) is 110 Å². The summed E-state index contributed by atoms with van der Waals surface area (Å²) in [5, 5.41) is 2.53. The number of nitrogens with zero attached hydrogens (tertiary/aromatic N) is 2. The largest absolute Gasteiger partial charge is 0.465 e. The zero-order valence-corrected chi connectivity index (χ0v) is 10.5. The van der Waals surface area contributed by atoms with E-state index in [1.54, 1.807) is 20.9 Å². The molecule has 0 spiro atoms.